The summed E-state index contributed by atoms with van der Waals surface area (Å²) < 4.78 is 144. The van der Waals surface area contributed by atoms with E-state index in [0.717, 1.165) is 95.1 Å². The number of carboxylic acid groups (broad SMARTS) is 1. The number of unbranched alkanes of at least 4 members (excludes halogenated alkanes) is 25. The number of hydrogen-bond donors (Lipinski definition) is 22. The van der Waals surface area contributed by atoms with Crippen molar-refractivity contribution in [1.82, 2.24) is 26.2 Å². The molecule has 0 unspecified atom stereocenters. The van der Waals surface area contributed by atoms with Crippen LogP contribution >= 0.6 is 0 Å². The molecule has 46 nitrogen and oxygen atoms in total. The summed E-state index contributed by atoms with van der Waals surface area (Å²) in [6.45, 7) is -0.167. The lowest BCUT2D eigenvalue weighted by Crippen LogP contribution is -2.72. The molecule has 146 heavy (non-hydrogen) atoms. The molecule has 0 spiro atoms. The van der Waals surface area contributed by atoms with E-state index in [1.54, 1.807) is 6.08 Å². The number of nitrogens with two attached hydrogens (primary N) is 2. The van der Waals surface area contributed by atoms with Crippen LogP contribution in [0.3, 0.4) is 0 Å². The minimum Gasteiger partial charge on any atom is -0.744 e. The summed E-state index contributed by atoms with van der Waals surface area (Å²) >= 11 is 0. The third-order valence-corrected chi connectivity index (χ3v) is 29.2. The molecule has 0 saturated carbocycles. The fourth-order valence-electron chi connectivity index (χ4n) is 19.3. The monoisotopic (exact) mass is 2120 g/mol. The molecule has 5 fully saturated rings. The second-order valence-electron chi connectivity index (χ2n) is 38.6. The summed E-state index contributed by atoms with van der Waals surface area (Å²) in [5, 5.41) is 195. The summed E-state index contributed by atoms with van der Waals surface area (Å²) in [5.74, 6) is -12.7. The average Bonchev–Trinajstić information content (AvgIpc) is 0.713. The number of nitrogens with zero attached hydrogens (tertiary/aromatic N) is 1. The van der Waals surface area contributed by atoms with Gasteiger partial charge in [-0.2, -0.15) is 0 Å². The number of fused-ring (bicyclic) bond motifs is 2. The van der Waals surface area contributed by atoms with Gasteiger partial charge in [-0.25, -0.2) is 21.6 Å². The lowest BCUT2D eigenvalue weighted by molar-refractivity contribution is -0.403. The van der Waals surface area contributed by atoms with Crippen molar-refractivity contribution in [1.29, 1.82) is 0 Å². The maximum absolute atomic E-state index is 14.6. The minimum atomic E-state index is -5.52. The molecule has 5 saturated heterocycles. The van der Waals surface area contributed by atoms with E-state index >= 15 is 0 Å². The van der Waals surface area contributed by atoms with Crippen LogP contribution < -0.4 is 37.5 Å². The van der Waals surface area contributed by atoms with Gasteiger partial charge in [0.1, 0.15) is 140 Å². The van der Waals surface area contributed by atoms with Crippen LogP contribution in [0.2, 0.25) is 0 Å². The first-order chi connectivity index (χ1) is 69.5. The molecule has 5 amide bonds. The van der Waals surface area contributed by atoms with E-state index in [1.165, 1.54) is 146 Å². The summed E-state index contributed by atoms with van der Waals surface area (Å²) in [7, 11) is -9.73. The Kier molecular flexibility index (Phi) is 49.2. The van der Waals surface area contributed by atoms with Gasteiger partial charge in [-0.05, 0) is 49.4 Å². The molecule has 3 aromatic carbocycles. The van der Waals surface area contributed by atoms with Crippen molar-refractivity contribution >= 4 is 67.1 Å². The van der Waals surface area contributed by atoms with Gasteiger partial charge >= 0.3 is 5.97 Å². The minimum absolute atomic E-state index is 0.0439. The Labute approximate surface area is 850 Å². The summed E-state index contributed by atoms with van der Waals surface area (Å²) in [6.07, 6.45) is -21.1. The maximum atomic E-state index is 14.6. The molecule has 48 heteroatoms. The lowest BCUT2D eigenvalue weighted by atomic mass is 9.80. The number of amides is 5. The number of aliphatic carboxylic acids is 1. The van der Waals surface area contributed by atoms with E-state index in [0.29, 0.717) is 12.8 Å². The zero-order valence-corrected chi connectivity index (χ0v) is 84.9. The van der Waals surface area contributed by atoms with Gasteiger partial charge in [0.2, 0.25) is 23.6 Å². The number of carbonyl (C=O) groups excluding carboxylic acids is 5. The number of allylic oxidation sites excluding steroid dienone is 1. The number of hydrogen-bond acceptors (Lipinski definition) is 40. The largest absolute Gasteiger partial charge is 0.744 e. The lowest BCUT2D eigenvalue weighted by Gasteiger charge is -2.52. The molecular formula is C98H153N7O39S2-2. The first-order valence-electron chi connectivity index (χ1n) is 50.8. The average molecular weight is 2120 g/mol. The molecule has 6 heterocycles. The molecule has 0 aliphatic carbocycles. The first-order valence-corrected chi connectivity index (χ1v) is 53.6. The third-order valence-electron chi connectivity index (χ3n) is 27.3. The number of carbonyl (C=O) groups is 6. The molecule has 6 aliphatic rings. The van der Waals surface area contributed by atoms with E-state index in [-0.39, 0.29) is 41.6 Å². The highest BCUT2D eigenvalue weighted by Gasteiger charge is 2.63. The quantitative estimate of drug-likeness (QED) is 0.0126. The van der Waals surface area contributed by atoms with Crippen molar-refractivity contribution in [2.24, 2.45) is 0 Å². The van der Waals surface area contributed by atoms with E-state index in [9.17, 15) is 136 Å². The van der Waals surface area contributed by atoms with Crippen LogP contribution in [-0.4, -0.2) is 372 Å². The molecular weight excluding hydrogens is 1960 g/mol. The normalized spacial score (nSPS) is 29.0. The Balaban J connectivity index is 0.945. The van der Waals surface area contributed by atoms with Crippen molar-refractivity contribution in [3.63, 3.8) is 0 Å². The Bertz CT molecular complexity index is 4770. The van der Waals surface area contributed by atoms with E-state index < -0.39 is 318 Å². The first kappa shape index (κ1) is 122. The standard InChI is InChI=1S/C98H155N7O39S2/c1-6-8-10-12-14-16-18-20-21-23-25-27-29-31-33-40-71(116)104-62(63(112)39-32-30-28-26-24-22-19-17-15-13-11-9-7-2)53-134-94-81(123)79(121)85(68(51-108)137-94)140-96-82(124)89(86(69(52-109)138-96)141-93-74(103-55(4)111)87(77(119)67(50-107)135-93)142-95-80(122)78(120)76(118)66(49-106)136-95)144-98(97(126)127)47-64(113)73(102-54(3)110)88(143-98)75(117)65(114)48-101-70(115)41-36-46-105(5)92(125)57-38-35-34-37-56(57)72-58-42-44-60(99)90(145(128,129)130)83(58)139-84-59(72)43-45-61(100)91(84)146(131,132)133/h32,34-35,37-39,42-45,62-69,72-82,85-89,93-96,106-109,112-114,117-124H,6-31,33,36,40-41,46-53,99-100H2,1-5H3,(H,101,115)(H,102,110)(H,103,111)(H,104,116)(H,126,127)(H,128,129,130)(H,131,132,133)/p-2/b39-32+/t62-,63+,64-,65+,66+,67+,68+,69+,73+,74+,75+,76-,77-,78-,79+,80+,81+,82+,85+,86-,87+,88+,89+,93-,94+,95-,96-,98-/m0/s1. The number of nitrogen functional groups attached to an aromatic ring is 2. The van der Waals surface area contributed by atoms with Crippen LogP contribution in [-0.2, 0) is 91.6 Å². The Hall–Kier alpha value is -7.56. The van der Waals surface area contributed by atoms with Gasteiger partial charge in [-0.1, -0.05) is 210 Å². The number of carboxylic acids is 1. The number of ether oxygens (including phenoxy) is 11. The molecule has 0 aromatic heterocycles. The third kappa shape index (κ3) is 33.2. The number of anilines is 2. The van der Waals surface area contributed by atoms with Crippen LogP contribution in [0.25, 0.3) is 0 Å². The van der Waals surface area contributed by atoms with Crippen LogP contribution in [0.5, 0.6) is 11.5 Å². The number of benzene rings is 3. The van der Waals surface area contributed by atoms with Crippen LogP contribution in [0.15, 0.2) is 70.5 Å². The second-order valence-corrected chi connectivity index (χ2v) is 41.2. The maximum Gasteiger partial charge on any atom is 0.364 e. The molecule has 3 aromatic rings. The Morgan fingerprint density at radius 3 is 1.51 bits per heavy atom. The van der Waals surface area contributed by atoms with Crippen LogP contribution in [0.1, 0.15) is 260 Å². The summed E-state index contributed by atoms with van der Waals surface area (Å²) in [4.78, 5) is 82.0. The SMILES string of the molecule is CCCCCCCCCCCCC/C=C/[C@@H](O)[C@H](CO[C@@H]1O[C@H](CO)[C@@H](O[C@@H]2O[C@H](CO)[C@H](O[C@@H]3O[C@H](CO)[C@H](O)[C@H](O[C@@H]4O[C@H](CO)[C@H](O)[C@H](O)[C@H]4O)[C@H]3NC(C)=O)[C@H](O[C@]3(C(=O)O)C[C@H](O)[C@@H](NC(C)=O)[C@H]([C@H](O)[C@H](O)CNC(=O)CCCN(C)C(=O)c4ccccc4C4c5ccc(N)c(S(=O)(=O)[O-])c5Oc5c4ccc(N)c5S(=O)(=O)[O-])O3)[C@H]2O)[C@H](O)[C@H]1O)NC(=O)CCCCCCCCCCCCCCCCC. The van der Waals surface area contributed by atoms with Gasteiger partial charge in [0.15, 0.2) is 36.7 Å². The molecule has 0 bridgehead atoms. The molecule has 828 valence electrons. The zero-order chi connectivity index (χ0) is 107. The zero-order valence-electron chi connectivity index (χ0n) is 83.3. The topological polar surface area (TPSA) is 745 Å². The fourth-order valence-corrected chi connectivity index (χ4v) is 20.8. The molecule has 24 N–H and O–H groups in total. The van der Waals surface area contributed by atoms with Crippen molar-refractivity contribution in [3.8, 4) is 11.5 Å². The van der Waals surface area contributed by atoms with Gasteiger partial charge in [0, 0.05) is 75.9 Å². The highest BCUT2D eigenvalue weighted by Crippen LogP contribution is 2.55. The highest BCUT2D eigenvalue weighted by molar-refractivity contribution is 7.86. The van der Waals surface area contributed by atoms with E-state index in [1.807, 2.05) is 0 Å². The predicted molar refractivity (Wildman–Crippen MR) is 516 cm³/mol. The van der Waals surface area contributed by atoms with Crippen molar-refractivity contribution < 1.29 is 189 Å². The number of rotatable bonds is 61. The second kappa shape index (κ2) is 58.9. The number of nitrogens with one attached hydrogen (secondary N) is 4. The Morgan fingerprint density at radius 2 is 0.979 bits per heavy atom. The van der Waals surface area contributed by atoms with Crippen molar-refractivity contribution in [2.75, 3.05) is 64.6 Å². The number of aliphatic hydroxyl groups is 15. The highest BCUT2D eigenvalue weighted by atomic mass is 32.2. The van der Waals surface area contributed by atoms with Gasteiger partial charge < -0.3 is 181 Å². The van der Waals surface area contributed by atoms with E-state index in [4.69, 9.17) is 63.6 Å². The van der Waals surface area contributed by atoms with Crippen molar-refractivity contribution in [2.45, 2.75) is 414 Å². The smallest absolute Gasteiger partial charge is 0.364 e. The Morgan fingerprint density at radius 1 is 0.521 bits per heavy atom. The number of aliphatic hydroxyl groups excluding tert-OH is 15. The van der Waals surface area contributed by atoms with Crippen molar-refractivity contribution in [3.05, 3.63) is 82.9 Å². The summed E-state index contributed by atoms with van der Waals surface area (Å²) in [6, 6.07) is 5.17. The molecule has 0 radical (unpaired) electrons. The van der Waals surface area contributed by atoms with E-state index in [2.05, 4.69) is 35.1 Å². The van der Waals surface area contributed by atoms with Gasteiger partial charge in [-0.15, -0.1) is 0 Å². The predicted octanol–water partition coefficient (Wildman–Crippen LogP) is 0.892. The molecule has 9 rings (SSSR count). The molecule has 28 atom stereocenters. The van der Waals surface area contributed by atoms with Crippen LogP contribution in [0, 0.1) is 0 Å². The van der Waals surface area contributed by atoms with Crippen LogP contribution in [0.4, 0.5) is 11.4 Å². The summed E-state index contributed by atoms with van der Waals surface area (Å²) in [5.41, 5.74) is 10.4. The van der Waals surface area contributed by atoms with Gasteiger partial charge in [0.25, 0.3) is 11.7 Å². The van der Waals surface area contributed by atoms with Gasteiger partial charge in [0.05, 0.1) is 74.8 Å². The fraction of sp³-hybridized carbons (Fsp3) is 0.735. The molecule has 6 aliphatic heterocycles. The van der Waals surface area contributed by atoms with Gasteiger partial charge in [-0.3, -0.25) is 24.0 Å².